The summed E-state index contributed by atoms with van der Waals surface area (Å²) in [6.07, 6.45) is 2.37. The second-order valence-corrected chi connectivity index (χ2v) is 6.85. The van der Waals surface area contributed by atoms with Crippen molar-refractivity contribution in [2.45, 2.75) is 73.4 Å². The molecule has 6 heteroatoms. The van der Waals surface area contributed by atoms with Gasteiger partial charge in [0.2, 0.25) is 0 Å². The van der Waals surface area contributed by atoms with Crippen LogP contribution in [0.5, 0.6) is 0 Å². The summed E-state index contributed by atoms with van der Waals surface area (Å²) in [6.45, 7) is 22.9. The van der Waals surface area contributed by atoms with Crippen LogP contribution in [0.1, 0.15) is 61.3 Å². The van der Waals surface area contributed by atoms with Gasteiger partial charge in [-0.25, -0.2) is 0 Å². The first-order valence-electron chi connectivity index (χ1n) is 9.96. The molecule has 0 aromatic rings. The Labute approximate surface area is 174 Å². The second-order valence-electron chi connectivity index (χ2n) is 6.85. The van der Waals surface area contributed by atoms with Crippen LogP contribution in [-0.4, -0.2) is 73.7 Å². The molecule has 0 aliphatic heterocycles. The monoisotopic (exact) mass is 469 g/mol. The number of rotatable bonds is 13. The largest absolute Gasteiger partial charge is 0.357 e. The van der Waals surface area contributed by atoms with Crippen LogP contribution in [0, 0.1) is 0 Å². The van der Waals surface area contributed by atoms with E-state index in [4.69, 9.17) is 4.99 Å². The third kappa shape index (κ3) is 13.7. The number of hydrogen-bond donors (Lipinski definition) is 2. The summed E-state index contributed by atoms with van der Waals surface area (Å²) in [5.74, 6) is 0.952. The Bertz CT molecular complexity index is 309. The Hall–Kier alpha value is -0.0800. The highest BCUT2D eigenvalue weighted by Crippen LogP contribution is 2.03. The molecule has 0 atom stereocenters. The van der Waals surface area contributed by atoms with E-state index in [0.717, 1.165) is 51.6 Å². The lowest BCUT2D eigenvalue weighted by Crippen LogP contribution is -2.45. The van der Waals surface area contributed by atoms with Gasteiger partial charge in [-0.15, -0.1) is 24.0 Å². The molecule has 0 unspecified atom stereocenters. The van der Waals surface area contributed by atoms with Crippen LogP contribution in [0.25, 0.3) is 0 Å². The van der Waals surface area contributed by atoms with Crippen molar-refractivity contribution < 1.29 is 0 Å². The third-order valence-electron chi connectivity index (χ3n) is 4.38. The average Bonchev–Trinajstić information content (AvgIpc) is 2.53. The van der Waals surface area contributed by atoms with E-state index in [2.05, 4.69) is 68.9 Å². The Morgan fingerprint density at radius 2 is 1.48 bits per heavy atom. The Kier molecular flexibility index (Phi) is 18.8. The van der Waals surface area contributed by atoms with Crippen molar-refractivity contribution in [3.05, 3.63) is 0 Å². The van der Waals surface area contributed by atoms with E-state index in [1.54, 1.807) is 0 Å². The summed E-state index contributed by atoms with van der Waals surface area (Å²) in [4.78, 5) is 9.68. The molecule has 0 rings (SSSR count). The summed E-state index contributed by atoms with van der Waals surface area (Å²) in [7, 11) is 0. The van der Waals surface area contributed by atoms with Crippen LogP contribution >= 0.6 is 24.0 Å². The maximum absolute atomic E-state index is 4.71. The molecule has 0 aliphatic rings. The van der Waals surface area contributed by atoms with E-state index < -0.39 is 0 Å². The fourth-order valence-corrected chi connectivity index (χ4v) is 2.94. The van der Waals surface area contributed by atoms with Crippen molar-refractivity contribution in [1.82, 2.24) is 20.4 Å². The molecule has 25 heavy (non-hydrogen) atoms. The van der Waals surface area contributed by atoms with Crippen molar-refractivity contribution in [2.75, 3.05) is 45.8 Å². The van der Waals surface area contributed by atoms with Gasteiger partial charge in [0.25, 0.3) is 0 Å². The van der Waals surface area contributed by atoms with Crippen LogP contribution in [-0.2, 0) is 0 Å². The zero-order valence-electron chi connectivity index (χ0n) is 17.8. The van der Waals surface area contributed by atoms with E-state index in [-0.39, 0.29) is 24.0 Å². The normalized spacial score (nSPS) is 12.2. The summed E-state index contributed by atoms with van der Waals surface area (Å²) < 4.78 is 0. The molecule has 5 nitrogen and oxygen atoms in total. The Morgan fingerprint density at radius 3 is 1.96 bits per heavy atom. The third-order valence-corrected chi connectivity index (χ3v) is 4.38. The first kappa shape index (κ1) is 27.1. The van der Waals surface area contributed by atoms with Crippen LogP contribution in [0.15, 0.2) is 4.99 Å². The summed E-state index contributed by atoms with van der Waals surface area (Å²) in [5.41, 5.74) is 0. The van der Waals surface area contributed by atoms with Crippen molar-refractivity contribution in [1.29, 1.82) is 0 Å². The van der Waals surface area contributed by atoms with Crippen molar-refractivity contribution in [3.63, 3.8) is 0 Å². The highest BCUT2D eigenvalue weighted by atomic mass is 127. The smallest absolute Gasteiger partial charge is 0.191 e. The minimum atomic E-state index is 0. The van der Waals surface area contributed by atoms with Gasteiger partial charge < -0.3 is 15.5 Å². The van der Waals surface area contributed by atoms with Gasteiger partial charge in [-0.05, 0) is 67.1 Å². The predicted octanol–water partition coefficient (Wildman–Crippen LogP) is 3.40. The molecule has 0 saturated heterocycles. The standard InChI is InChI=1S/C19H43N5.HI/c1-8-20-19(21-13-11-12-15-23(9-2)10-3)22-14-16-24(17(4)5)18(6)7;/h17-18H,8-16H2,1-7H3,(H2,20,21,22);1H. The molecule has 0 aliphatic carbocycles. The van der Waals surface area contributed by atoms with E-state index in [1.165, 1.54) is 13.0 Å². The molecule has 0 fully saturated rings. The minimum absolute atomic E-state index is 0. The molecule has 152 valence electrons. The summed E-state index contributed by atoms with van der Waals surface area (Å²) >= 11 is 0. The molecule has 0 spiro atoms. The van der Waals surface area contributed by atoms with Crippen LogP contribution < -0.4 is 10.6 Å². The average molecular weight is 470 g/mol. The van der Waals surface area contributed by atoms with Gasteiger partial charge >= 0.3 is 0 Å². The fraction of sp³-hybridized carbons (Fsp3) is 0.947. The molecule has 0 heterocycles. The molecule has 0 saturated carbocycles. The van der Waals surface area contributed by atoms with E-state index >= 15 is 0 Å². The number of nitrogens with zero attached hydrogens (tertiary/aromatic N) is 3. The molecule has 0 aromatic heterocycles. The first-order valence-corrected chi connectivity index (χ1v) is 9.96. The number of unbranched alkanes of at least 4 members (excludes halogenated alkanes) is 1. The maximum Gasteiger partial charge on any atom is 0.191 e. The summed E-state index contributed by atoms with van der Waals surface area (Å²) in [6, 6.07) is 1.15. The number of guanidine groups is 1. The second kappa shape index (κ2) is 17.3. The van der Waals surface area contributed by atoms with Crippen molar-refractivity contribution in [3.8, 4) is 0 Å². The number of nitrogens with one attached hydrogen (secondary N) is 2. The van der Waals surface area contributed by atoms with Gasteiger partial charge in [-0.2, -0.15) is 0 Å². The highest BCUT2D eigenvalue weighted by molar-refractivity contribution is 14.0. The zero-order valence-corrected chi connectivity index (χ0v) is 20.1. The minimum Gasteiger partial charge on any atom is -0.357 e. The molecule has 0 bridgehead atoms. The van der Waals surface area contributed by atoms with E-state index in [0.29, 0.717) is 12.1 Å². The molecule has 0 radical (unpaired) electrons. The van der Waals surface area contributed by atoms with Gasteiger partial charge in [-0.1, -0.05) is 13.8 Å². The van der Waals surface area contributed by atoms with Crippen molar-refractivity contribution >= 4 is 29.9 Å². The quantitative estimate of drug-likeness (QED) is 0.188. The van der Waals surface area contributed by atoms with E-state index in [9.17, 15) is 0 Å². The predicted molar refractivity (Wildman–Crippen MR) is 123 cm³/mol. The molecule has 0 aromatic carbocycles. The van der Waals surface area contributed by atoms with Gasteiger partial charge in [0.15, 0.2) is 5.96 Å². The zero-order chi connectivity index (χ0) is 18.4. The van der Waals surface area contributed by atoms with Gasteiger partial charge in [0, 0.05) is 38.3 Å². The Morgan fingerprint density at radius 1 is 0.880 bits per heavy atom. The SMILES string of the molecule is CCNC(=NCCCCN(CC)CC)NCCN(C(C)C)C(C)C.I. The first-order chi connectivity index (χ1) is 11.5. The topological polar surface area (TPSA) is 42.9 Å². The van der Waals surface area contributed by atoms with Gasteiger partial charge in [-0.3, -0.25) is 9.89 Å². The van der Waals surface area contributed by atoms with Gasteiger partial charge in [0.1, 0.15) is 0 Å². The molecular weight excluding hydrogens is 425 g/mol. The lowest BCUT2D eigenvalue weighted by atomic mass is 10.2. The van der Waals surface area contributed by atoms with Crippen LogP contribution in [0.2, 0.25) is 0 Å². The van der Waals surface area contributed by atoms with Crippen LogP contribution in [0.4, 0.5) is 0 Å². The maximum atomic E-state index is 4.71. The number of halogens is 1. The van der Waals surface area contributed by atoms with Gasteiger partial charge in [0.05, 0.1) is 0 Å². The summed E-state index contributed by atoms with van der Waals surface area (Å²) in [5, 5.41) is 6.82. The molecule has 2 N–H and O–H groups in total. The van der Waals surface area contributed by atoms with E-state index in [1.807, 2.05) is 0 Å². The Balaban J connectivity index is 0. The number of aliphatic imine (C=N–C) groups is 1. The molecular formula is C19H44IN5. The lowest BCUT2D eigenvalue weighted by Gasteiger charge is -2.30. The van der Waals surface area contributed by atoms with Crippen molar-refractivity contribution in [2.24, 2.45) is 4.99 Å². The fourth-order valence-electron chi connectivity index (χ4n) is 2.94. The lowest BCUT2D eigenvalue weighted by molar-refractivity contribution is 0.178. The highest BCUT2D eigenvalue weighted by Gasteiger charge is 2.12. The van der Waals surface area contributed by atoms with Crippen LogP contribution in [0.3, 0.4) is 0 Å². The molecule has 0 amide bonds. The number of hydrogen-bond acceptors (Lipinski definition) is 3.